The molecule has 1 saturated heterocycles. The Balaban J connectivity index is 2.12. The van der Waals surface area contributed by atoms with Gasteiger partial charge >= 0.3 is 6.09 Å². The predicted molar refractivity (Wildman–Crippen MR) is 93.7 cm³/mol. The number of pyridine rings is 1. The molecule has 0 aliphatic carbocycles. The molecular weight excluding hydrogens is 336 g/mol. The van der Waals surface area contributed by atoms with Gasteiger partial charge in [-0.15, -0.1) is 0 Å². The van der Waals surface area contributed by atoms with Crippen LogP contribution in [0.4, 0.5) is 10.6 Å². The van der Waals surface area contributed by atoms with Gasteiger partial charge in [-0.3, -0.25) is 0 Å². The Hall–Kier alpha value is -3.47. The van der Waals surface area contributed by atoms with Crippen LogP contribution in [0, 0.1) is 11.3 Å². The molecule has 1 fully saturated rings. The first-order valence-corrected chi connectivity index (χ1v) is 8.12. The van der Waals surface area contributed by atoms with Crippen molar-refractivity contribution in [2.75, 3.05) is 18.8 Å². The lowest BCUT2D eigenvalue weighted by molar-refractivity contribution is 0.130. The summed E-state index contributed by atoms with van der Waals surface area (Å²) in [5.74, 6) is -0.562. The fraction of sp³-hybridized carbons (Fsp3) is 0.278. The summed E-state index contributed by atoms with van der Waals surface area (Å²) in [7, 11) is 0. The lowest BCUT2D eigenvalue weighted by Gasteiger charge is -2.31. The van der Waals surface area contributed by atoms with Crippen molar-refractivity contribution in [2.24, 2.45) is 0 Å². The summed E-state index contributed by atoms with van der Waals surface area (Å²) >= 11 is 0. The molecule has 1 atom stereocenters. The molecule has 1 unspecified atom stereocenters. The lowest BCUT2D eigenvalue weighted by atomic mass is 9.87. The minimum Gasteiger partial charge on any atom is -0.507 e. The van der Waals surface area contributed by atoms with E-state index in [2.05, 4.69) is 4.98 Å². The van der Waals surface area contributed by atoms with Crippen molar-refractivity contribution >= 4 is 11.9 Å². The van der Waals surface area contributed by atoms with Gasteiger partial charge in [-0.05, 0) is 36.6 Å². The number of nitrogen functional groups attached to an aromatic ring is 1. The highest BCUT2D eigenvalue weighted by atomic mass is 16.4. The molecule has 1 aromatic heterocycles. The average molecular weight is 354 g/mol. The summed E-state index contributed by atoms with van der Waals surface area (Å²) in [4.78, 5) is 16.7. The van der Waals surface area contributed by atoms with Gasteiger partial charge in [0.2, 0.25) is 0 Å². The number of hydrogen-bond acceptors (Lipinski definition) is 6. The smallest absolute Gasteiger partial charge is 0.407 e. The summed E-state index contributed by atoms with van der Waals surface area (Å²) in [5.41, 5.74) is 7.07. The second-order valence-corrected chi connectivity index (χ2v) is 6.21. The van der Waals surface area contributed by atoms with Crippen molar-refractivity contribution in [3.63, 3.8) is 0 Å². The number of nitrogens with two attached hydrogens (primary N) is 1. The minimum absolute atomic E-state index is 0.0184. The monoisotopic (exact) mass is 354 g/mol. The third-order valence-electron chi connectivity index (χ3n) is 4.60. The fourth-order valence-corrected chi connectivity index (χ4v) is 3.35. The highest BCUT2D eigenvalue weighted by molar-refractivity contribution is 5.76. The normalized spacial score (nSPS) is 16.9. The zero-order valence-electron chi connectivity index (χ0n) is 13.9. The van der Waals surface area contributed by atoms with E-state index in [1.165, 1.54) is 23.1 Å². The third-order valence-corrected chi connectivity index (χ3v) is 4.60. The standard InChI is InChI=1S/C18H18N4O4/c19-8-12-11(10-3-2-6-22(9-10)18(25)26)7-13(21-17(12)20)16-14(23)4-1-5-15(16)24/h1,4-5,7,10,23-24H,2-3,6,9H2,(H2,20,21)(H,25,26). The van der Waals surface area contributed by atoms with E-state index < -0.39 is 6.09 Å². The van der Waals surface area contributed by atoms with Crippen LogP contribution in [0.2, 0.25) is 0 Å². The molecule has 1 aliphatic heterocycles. The zero-order valence-corrected chi connectivity index (χ0v) is 13.9. The molecule has 5 N–H and O–H groups in total. The number of nitrogens with zero attached hydrogens (tertiary/aromatic N) is 3. The van der Waals surface area contributed by atoms with Gasteiger partial charge < -0.3 is 26.0 Å². The third kappa shape index (κ3) is 3.07. The molecular formula is C18H18N4O4. The molecule has 0 bridgehead atoms. The number of carboxylic acid groups (broad SMARTS) is 1. The number of carbonyl (C=O) groups is 1. The molecule has 3 rings (SSSR count). The van der Waals surface area contributed by atoms with Gasteiger partial charge in [0.15, 0.2) is 0 Å². The van der Waals surface area contributed by atoms with Crippen LogP contribution in [0.25, 0.3) is 11.3 Å². The molecule has 134 valence electrons. The first kappa shape index (κ1) is 17.4. The quantitative estimate of drug-likeness (QED) is 0.648. The highest BCUT2D eigenvalue weighted by Gasteiger charge is 2.28. The summed E-state index contributed by atoms with van der Waals surface area (Å²) in [6, 6.07) is 7.95. The first-order valence-electron chi connectivity index (χ1n) is 8.12. The topological polar surface area (TPSA) is 144 Å². The van der Waals surface area contributed by atoms with Crippen LogP contribution in [0.1, 0.15) is 29.9 Å². The number of nitriles is 1. The van der Waals surface area contributed by atoms with Crippen LogP contribution in [0.3, 0.4) is 0 Å². The zero-order chi connectivity index (χ0) is 18.8. The molecule has 1 aliphatic rings. The van der Waals surface area contributed by atoms with E-state index >= 15 is 0 Å². The molecule has 0 radical (unpaired) electrons. The summed E-state index contributed by atoms with van der Waals surface area (Å²) in [5, 5.41) is 38.9. The van der Waals surface area contributed by atoms with Crippen molar-refractivity contribution in [2.45, 2.75) is 18.8 Å². The van der Waals surface area contributed by atoms with Gasteiger partial charge in [-0.2, -0.15) is 5.26 Å². The molecule has 0 saturated carbocycles. The van der Waals surface area contributed by atoms with E-state index in [1.54, 1.807) is 6.07 Å². The van der Waals surface area contributed by atoms with Crippen LogP contribution < -0.4 is 5.73 Å². The maximum Gasteiger partial charge on any atom is 0.407 e. The molecule has 1 amide bonds. The number of amides is 1. The van der Waals surface area contributed by atoms with Gasteiger partial charge in [-0.1, -0.05) is 6.07 Å². The van der Waals surface area contributed by atoms with Crippen LogP contribution in [0.5, 0.6) is 11.5 Å². The number of phenols is 2. The number of hydrogen-bond donors (Lipinski definition) is 4. The fourth-order valence-electron chi connectivity index (χ4n) is 3.35. The number of aromatic hydroxyl groups is 2. The Morgan fingerprint density at radius 1 is 1.35 bits per heavy atom. The minimum atomic E-state index is -1.01. The van der Waals surface area contributed by atoms with Crippen molar-refractivity contribution < 1.29 is 20.1 Å². The van der Waals surface area contributed by atoms with Gasteiger partial charge in [0.25, 0.3) is 0 Å². The second kappa shape index (κ2) is 6.80. The number of rotatable bonds is 2. The van der Waals surface area contributed by atoms with E-state index in [1.807, 2.05) is 6.07 Å². The number of piperidine rings is 1. The van der Waals surface area contributed by atoms with Gasteiger partial charge in [-0.25, -0.2) is 9.78 Å². The van der Waals surface area contributed by atoms with Crippen molar-refractivity contribution in [3.05, 3.63) is 35.4 Å². The highest BCUT2D eigenvalue weighted by Crippen LogP contribution is 2.39. The Labute approximate surface area is 149 Å². The molecule has 26 heavy (non-hydrogen) atoms. The lowest BCUT2D eigenvalue weighted by Crippen LogP contribution is -2.38. The molecule has 8 nitrogen and oxygen atoms in total. The first-order chi connectivity index (χ1) is 12.4. The van der Waals surface area contributed by atoms with E-state index in [0.717, 1.165) is 0 Å². The Bertz CT molecular complexity index is 887. The Kier molecular flexibility index (Phi) is 4.54. The number of anilines is 1. The summed E-state index contributed by atoms with van der Waals surface area (Å²) in [6.07, 6.45) is 0.365. The number of likely N-dealkylation sites (tertiary alicyclic amines) is 1. The van der Waals surface area contributed by atoms with Crippen molar-refractivity contribution in [1.82, 2.24) is 9.88 Å². The maximum absolute atomic E-state index is 11.3. The number of benzene rings is 1. The summed E-state index contributed by atoms with van der Waals surface area (Å²) in [6.45, 7) is 0.696. The number of aromatic nitrogens is 1. The van der Waals surface area contributed by atoms with Crippen LogP contribution in [0.15, 0.2) is 24.3 Å². The van der Waals surface area contributed by atoms with Gasteiger partial charge in [0, 0.05) is 19.0 Å². The Morgan fingerprint density at radius 3 is 2.65 bits per heavy atom. The van der Waals surface area contributed by atoms with Gasteiger partial charge in [0.05, 0.1) is 16.8 Å². The molecule has 8 heteroatoms. The Morgan fingerprint density at radius 2 is 2.04 bits per heavy atom. The maximum atomic E-state index is 11.3. The summed E-state index contributed by atoms with van der Waals surface area (Å²) < 4.78 is 0. The van der Waals surface area contributed by atoms with E-state index in [0.29, 0.717) is 24.9 Å². The molecule has 1 aromatic carbocycles. The predicted octanol–water partition coefficient (Wildman–Crippen LogP) is 2.47. The van der Waals surface area contributed by atoms with Crippen molar-refractivity contribution in [3.8, 4) is 28.8 Å². The number of phenolic OH excluding ortho intramolecular Hbond substituents is 2. The van der Waals surface area contributed by atoms with E-state index in [-0.39, 0.29) is 46.6 Å². The van der Waals surface area contributed by atoms with Crippen LogP contribution in [-0.4, -0.2) is 44.4 Å². The van der Waals surface area contributed by atoms with Crippen molar-refractivity contribution in [1.29, 1.82) is 5.26 Å². The largest absolute Gasteiger partial charge is 0.507 e. The molecule has 2 aromatic rings. The van der Waals surface area contributed by atoms with Crippen LogP contribution >= 0.6 is 0 Å². The molecule has 0 spiro atoms. The average Bonchev–Trinajstić information content (AvgIpc) is 2.61. The van der Waals surface area contributed by atoms with E-state index in [4.69, 9.17) is 5.73 Å². The van der Waals surface area contributed by atoms with Gasteiger partial charge in [0.1, 0.15) is 23.4 Å². The van der Waals surface area contributed by atoms with Crippen LogP contribution in [-0.2, 0) is 0 Å². The second-order valence-electron chi connectivity index (χ2n) is 6.21. The SMILES string of the molecule is N#Cc1c(C2CCCN(C(=O)O)C2)cc(-c2c(O)cccc2O)nc1N. The van der Waals surface area contributed by atoms with E-state index in [9.17, 15) is 25.4 Å². The molecule has 2 heterocycles.